The van der Waals surface area contributed by atoms with E-state index in [4.69, 9.17) is 11.5 Å². The van der Waals surface area contributed by atoms with Gasteiger partial charge in [0.2, 0.25) is 0 Å². The lowest BCUT2D eigenvalue weighted by molar-refractivity contribution is 0.0601. The molecule has 4 N–H and O–H groups in total. The highest BCUT2D eigenvalue weighted by molar-refractivity contribution is 6.05. The number of nitrogens with two attached hydrogens (primary N) is 2. The molecular weight excluding hydrogens is 254 g/mol. The summed E-state index contributed by atoms with van der Waals surface area (Å²) in [6.45, 7) is 0. The van der Waals surface area contributed by atoms with Crippen molar-refractivity contribution in [2.75, 3.05) is 12.8 Å². The summed E-state index contributed by atoms with van der Waals surface area (Å²) in [6.07, 6.45) is 0. The van der Waals surface area contributed by atoms with E-state index in [0.717, 1.165) is 0 Å². The van der Waals surface area contributed by atoms with Crippen molar-refractivity contribution in [3.63, 3.8) is 0 Å². The standard InChI is InChI=1S/C15H15N3O2/c1-20-15(19)10-7-8-13(16)12(9-10)14(17)18-11-5-3-2-4-6-11/h2-9H,16H2,1H3,(H2,17,18). The topological polar surface area (TPSA) is 90.7 Å². The third kappa shape index (κ3) is 2.95. The molecule has 5 heteroatoms. The van der Waals surface area contributed by atoms with Crippen LogP contribution in [0.4, 0.5) is 11.4 Å². The van der Waals surface area contributed by atoms with Crippen LogP contribution in [0.5, 0.6) is 0 Å². The Hall–Kier alpha value is -2.82. The van der Waals surface area contributed by atoms with Crippen LogP contribution in [0.3, 0.4) is 0 Å². The second-order valence-corrected chi connectivity index (χ2v) is 4.13. The van der Waals surface area contributed by atoms with Gasteiger partial charge in [0, 0.05) is 11.3 Å². The van der Waals surface area contributed by atoms with Crippen LogP contribution in [0.1, 0.15) is 15.9 Å². The number of nitrogens with zero attached hydrogens (tertiary/aromatic N) is 1. The smallest absolute Gasteiger partial charge is 0.337 e. The van der Waals surface area contributed by atoms with Gasteiger partial charge in [-0.1, -0.05) is 18.2 Å². The average molecular weight is 269 g/mol. The quantitative estimate of drug-likeness (QED) is 0.386. The summed E-state index contributed by atoms with van der Waals surface area (Å²) in [5, 5.41) is 0. The van der Waals surface area contributed by atoms with Gasteiger partial charge in [-0.25, -0.2) is 9.79 Å². The molecule has 2 rings (SSSR count). The van der Waals surface area contributed by atoms with Gasteiger partial charge in [-0.05, 0) is 30.3 Å². The molecule has 0 aliphatic rings. The number of amidine groups is 1. The maximum Gasteiger partial charge on any atom is 0.337 e. The van der Waals surface area contributed by atoms with E-state index in [2.05, 4.69) is 9.73 Å². The summed E-state index contributed by atoms with van der Waals surface area (Å²) in [6, 6.07) is 14.0. The fourth-order valence-corrected chi connectivity index (χ4v) is 1.72. The second-order valence-electron chi connectivity index (χ2n) is 4.13. The summed E-state index contributed by atoms with van der Waals surface area (Å²) >= 11 is 0. The number of esters is 1. The number of nitrogen functional groups attached to an aromatic ring is 1. The number of carbonyl (C=O) groups is 1. The molecule has 0 atom stereocenters. The molecule has 20 heavy (non-hydrogen) atoms. The van der Waals surface area contributed by atoms with E-state index in [0.29, 0.717) is 22.5 Å². The highest BCUT2D eigenvalue weighted by Gasteiger charge is 2.10. The molecule has 0 unspecified atom stereocenters. The second kappa shape index (κ2) is 5.88. The molecule has 0 fully saturated rings. The molecule has 0 radical (unpaired) electrons. The van der Waals surface area contributed by atoms with Crippen LogP contribution >= 0.6 is 0 Å². The monoisotopic (exact) mass is 269 g/mol. The maximum absolute atomic E-state index is 11.5. The predicted octanol–water partition coefficient (Wildman–Crippen LogP) is 2.09. The van der Waals surface area contributed by atoms with E-state index >= 15 is 0 Å². The Morgan fingerprint density at radius 2 is 1.85 bits per heavy atom. The number of hydrogen-bond acceptors (Lipinski definition) is 4. The number of hydrogen-bond donors (Lipinski definition) is 2. The first-order valence-corrected chi connectivity index (χ1v) is 5.99. The molecule has 0 saturated heterocycles. The Morgan fingerprint density at radius 1 is 1.15 bits per heavy atom. The van der Waals surface area contributed by atoms with Gasteiger partial charge in [0.15, 0.2) is 0 Å². The molecule has 0 spiro atoms. The minimum Gasteiger partial charge on any atom is -0.465 e. The Kier molecular flexibility index (Phi) is 4.00. The number of benzene rings is 2. The lowest BCUT2D eigenvalue weighted by Gasteiger charge is -2.07. The molecule has 102 valence electrons. The van der Waals surface area contributed by atoms with Crippen molar-refractivity contribution in [2.24, 2.45) is 10.7 Å². The SMILES string of the molecule is COC(=O)c1ccc(N)c(C(N)=Nc2ccccc2)c1. The van der Waals surface area contributed by atoms with Crippen LogP contribution in [0.25, 0.3) is 0 Å². The molecule has 0 aromatic heterocycles. The number of rotatable bonds is 3. The molecule has 2 aromatic rings. The lowest BCUT2D eigenvalue weighted by atomic mass is 10.1. The Labute approximate surface area is 116 Å². The van der Waals surface area contributed by atoms with E-state index in [1.807, 2.05) is 30.3 Å². The zero-order valence-corrected chi connectivity index (χ0v) is 11.0. The van der Waals surface area contributed by atoms with Crippen molar-refractivity contribution in [3.8, 4) is 0 Å². The molecule has 0 aliphatic carbocycles. The van der Waals surface area contributed by atoms with Crippen LogP contribution in [0, 0.1) is 0 Å². The van der Waals surface area contributed by atoms with Gasteiger partial charge in [-0.3, -0.25) is 0 Å². The van der Waals surface area contributed by atoms with Gasteiger partial charge in [0.25, 0.3) is 0 Å². The first kappa shape index (κ1) is 13.6. The number of ether oxygens (including phenoxy) is 1. The number of anilines is 1. The van der Waals surface area contributed by atoms with Gasteiger partial charge in [-0.15, -0.1) is 0 Å². The van der Waals surface area contributed by atoms with Crippen LogP contribution in [-0.2, 0) is 4.74 Å². The molecule has 0 bridgehead atoms. The van der Waals surface area contributed by atoms with Crippen molar-refractivity contribution < 1.29 is 9.53 Å². The largest absolute Gasteiger partial charge is 0.465 e. The molecular formula is C15H15N3O2. The van der Waals surface area contributed by atoms with Gasteiger partial charge in [0.05, 0.1) is 18.4 Å². The van der Waals surface area contributed by atoms with Crippen molar-refractivity contribution >= 4 is 23.2 Å². The Morgan fingerprint density at radius 3 is 2.50 bits per heavy atom. The third-order valence-electron chi connectivity index (χ3n) is 2.76. The van der Waals surface area contributed by atoms with E-state index in [9.17, 15) is 4.79 Å². The van der Waals surface area contributed by atoms with Crippen LogP contribution < -0.4 is 11.5 Å². The maximum atomic E-state index is 11.5. The minimum atomic E-state index is -0.446. The normalized spacial score (nSPS) is 11.2. The Bertz CT molecular complexity index is 651. The summed E-state index contributed by atoms with van der Waals surface area (Å²) in [4.78, 5) is 15.8. The van der Waals surface area contributed by atoms with Crippen LogP contribution in [-0.4, -0.2) is 18.9 Å². The van der Waals surface area contributed by atoms with E-state index in [1.165, 1.54) is 7.11 Å². The van der Waals surface area contributed by atoms with E-state index in [1.54, 1.807) is 18.2 Å². The summed E-state index contributed by atoms with van der Waals surface area (Å²) in [5.41, 5.74) is 13.9. The zero-order valence-electron chi connectivity index (χ0n) is 11.0. The number of methoxy groups -OCH3 is 1. The molecule has 5 nitrogen and oxygen atoms in total. The number of carbonyl (C=O) groups excluding carboxylic acids is 1. The van der Waals surface area contributed by atoms with Crippen LogP contribution in [0.15, 0.2) is 53.5 Å². The fraction of sp³-hybridized carbons (Fsp3) is 0.0667. The lowest BCUT2D eigenvalue weighted by Crippen LogP contribution is -2.16. The fourth-order valence-electron chi connectivity index (χ4n) is 1.72. The number of aliphatic imine (C=N–C) groups is 1. The van der Waals surface area contributed by atoms with Gasteiger partial charge in [0.1, 0.15) is 5.84 Å². The van der Waals surface area contributed by atoms with E-state index < -0.39 is 5.97 Å². The Balaban J connectivity index is 2.41. The highest BCUT2D eigenvalue weighted by atomic mass is 16.5. The van der Waals surface area contributed by atoms with Crippen molar-refractivity contribution in [1.29, 1.82) is 0 Å². The van der Waals surface area contributed by atoms with Gasteiger partial charge < -0.3 is 16.2 Å². The third-order valence-corrected chi connectivity index (χ3v) is 2.76. The van der Waals surface area contributed by atoms with Crippen molar-refractivity contribution in [3.05, 3.63) is 59.7 Å². The zero-order chi connectivity index (χ0) is 14.5. The molecule has 0 heterocycles. The average Bonchev–Trinajstić information content (AvgIpc) is 2.48. The summed E-state index contributed by atoms with van der Waals surface area (Å²) in [7, 11) is 1.32. The van der Waals surface area contributed by atoms with Crippen molar-refractivity contribution in [1.82, 2.24) is 0 Å². The number of para-hydroxylation sites is 1. The summed E-state index contributed by atoms with van der Waals surface area (Å²) in [5.74, 6) is -0.196. The van der Waals surface area contributed by atoms with Gasteiger partial charge >= 0.3 is 5.97 Å². The molecule has 2 aromatic carbocycles. The molecule has 0 aliphatic heterocycles. The van der Waals surface area contributed by atoms with E-state index in [-0.39, 0.29) is 5.84 Å². The summed E-state index contributed by atoms with van der Waals surface area (Å²) < 4.78 is 4.67. The van der Waals surface area contributed by atoms with Crippen LogP contribution in [0.2, 0.25) is 0 Å². The first-order chi connectivity index (χ1) is 9.61. The van der Waals surface area contributed by atoms with Gasteiger partial charge in [-0.2, -0.15) is 0 Å². The minimum absolute atomic E-state index is 0.249. The molecule has 0 amide bonds. The van der Waals surface area contributed by atoms with Crippen molar-refractivity contribution in [2.45, 2.75) is 0 Å². The predicted molar refractivity (Wildman–Crippen MR) is 79.0 cm³/mol. The highest BCUT2D eigenvalue weighted by Crippen LogP contribution is 2.17. The first-order valence-electron chi connectivity index (χ1n) is 5.99. The molecule has 0 saturated carbocycles.